The Labute approximate surface area is 174 Å². The SMILES string of the molecule is CCNC(=NCC(=O)Nc1cc(Br)ccc1C)NCC(C)(O)c1ccccc1. The van der Waals surface area contributed by atoms with Gasteiger partial charge < -0.3 is 21.1 Å². The largest absolute Gasteiger partial charge is 0.384 e. The lowest BCUT2D eigenvalue weighted by atomic mass is 9.96. The molecule has 2 rings (SSSR count). The molecule has 4 N–H and O–H groups in total. The number of carbonyl (C=O) groups is 1. The number of rotatable bonds is 7. The molecule has 1 atom stereocenters. The van der Waals surface area contributed by atoms with Crippen LogP contribution in [-0.2, 0) is 10.4 Å². The number of halogens is 1. The molecule has 2 aromatic carbocycles. The van der Waals surface area contributed by atoms with Gasteiger partial charge in [-0.2, -0.15) is 0 Å². The number of nitrogens with one attached hydrogen (secondary N) is 3. The van der Waals surface area contributed by atoms with Crippen molar-refractivity contribution in [2.24, 2.45) is 4.99 Å². The zero-order valence-electron chi connectivity index (χ0n) is 16.4. The van der Waals surface area contributed by atoms with E-state index in [0.29, 0.717) is 12.5 Å². The fourth-order valence-electron chi connectivity index (χ4n) is 2.57. The van der Waals surface area contributed by atoms with Crippen LogP contribution in [0.1, 0.15) is 25.0 Å². The fourth-order valence-corrected chi connectivity index (χ4v) is 2.93. The van der Waals surface area contributed by atoms with Crippen LogP contribution in [0.5, 0.6) is 0 Å². The van der Waals surface area contributed by atoms with E-state index in [1.165, 1.54) is 0 Å². The van der Waals surface area contributed by atoms with Gasteiger partial charge >= 0.3 is 0 Å². The number of aliphatic imine (C=N–C) groups is 1. The maximum absolute atomic E-state index is 12.3. The summed E-state index contributed by atoms with van der Waals surface area (Å²) in [6, 6.07) is 15.1. The summed E-state index contributed by atoms with van der Waals surface area (Å²) in [5.74, 6) is 0.257. The predicted octanol–water partition coefficient (Wildman–Crippen LogP) is 3.16. The molecule has 0 aliphatic carbocycles. The number of nitrogens with zero attached hydrogens (tertiary/aromatic N) is 1. The van der Waals surface area contributed by atoms with E-state index in [1.807, 2.05) is 62.4 Å². The van der Waals surface area contributed by atoms with E-state index in [1.54, 1.807) is 6.92 Å². The molecule has 0 spiro atoms. The molecule has 0 aliphatic rings. The minimum atomic E-state index is -1.06. The highest BCUT2D eigenvalue weighted by atomic mass is 79.9. The third-order valence-electron chi connectivity index (χ3n) is 4.19. The van der Waals surface area contributed by atoms with Crippen LogP contribution in [0.2, 0.25) is 0 Å². The Hall–Kier alpha value is -2.38. The van der Waals surface area contributed by atoms with Gasteiger partial charge in [-0.3, -0.25) is 4.79 Å². The van der Waals surface area contributed by atoms with Crippen molar-refractivity contribution in [3.05, 3.63) is 64.1 Å². The smallest absolute Gasteiger partial charge is 0.246 e. The van der Waals surface area contributed by atoms with Crippen molar-refractivity contribution in [3.63, 3.8) is 0 Å². The Morgan fingerprint density at radius 3 is 2.57 bits per heavy atom. The molecule has 0 radical (unpaired) electrons. The van der Waals surface area contributed by atoms with Crippen LogP contribution in [-0.4, -0.2) is 36.6 Å². The normalized spacial score (nSPS) is 13.5. The first-order chi connectivity index (χ1) is 13.3. The van der Waals surface area contributed by atoms with E-state index < -0.39 is 5.60 Å². The molecule has 1 amide bonds. The highest BCUT2D eigenvalue weighted by molar-refractivity contribution is 9.10. The molecule has 0 fully saturated rings. The number of aliphatic hydroxyl groups is 1. The maximum atomic E-state index is 12.3. The van der Waals surface area contributed by atoms with Crippen LogP contribution in [0.15, 0.2) is 58.0 Å². The third-order valence-corrected chi connectivity index (χ3v) is 4.69. The standard InChI is InChI=1S/C21H27BrN4O2/c1-4-23-20(25-14-21(3,28)16-8-6-5-7-9-16)24-13-19(27)26-18-12-17(22)11-10-15(18)2/h5-12,28H,4,13-14H2,1-3H3,(H,26,27)(H2,23,24,25). The Morgan fingerprint density at radius 1 is 1.18 bits per heavy atom. The third kappa shape index (κ3) is 6.65. The summed E-state index contributed by atoms with van der Waals surface area (Å²) < 4.78 is 0.898. The summed E-state index contributed by atoms with van der Waals surface area (Å²) >= 11 is 3.40. The molecule has 150 valence electrons. The number of hydrogen-bond donors (Lipinski definition) is 4. The lowest BCUT2D eigenvalue weighted by Crippen LogP contribution is -2.44. The van der Waals surface area contributed by atoms with Gasteiger partial charge in [0.1, 0.15) is 12.1 Å². The number of carbonyl (C=O) groups excluding carboxylic acids is 1. The van der Waals surface area contributed by atoms with Crippen LogP contribution in [0.3, 0.4) is 0 Å². The van der Waals surface area contributed by atoms with Gasteiger partial charge in [0.2, 0.25) is 5.91 Å². The fraction of sp³-hybridized carbons (Fsp3) is 0.333. The summed E-state index contributed by atoms with van der Waals surface area (Å²) in [5, 5.41) is 19.8. The lowest BCUT2D eigenvalue weighted by Gasteiger charge is -2.25. The number of anilines is 1. The van der Waals surface area contributed by atoms with E-state index in [0.717, 1.165) is 21.3 Å². The molecule has 6 nitrogen and oxygen atoms in total. The average Bonchev–Trinajstić information content (AvgIpc) is 2.67. The average molecular weight is 447 g/mol. The van der Waals surface area contributed by atoms with Crippen LogP contribution in [0, 0.1) is 6.92 Å². The van der Waals surface area contributed by atoms with Gasteiger partial charge in [0, 0.05) is 16.7 Å². The van der Waals surface area contributed by atoms with Crippen molar-refractivity contribution in [2.45, 2.75) is 26.4 Å². The predicted molar refractivity (Wildman–Crippen MR) is 118 cm³/mol. The second-order valence-electron chi connectivity index (χ2n) is 6.70. The van der Waals surface area contributed by atoms with Gasteiger partial charge in [-0.1, -0.05) is 52.3 Å². The molecule has 0 bridgehead atoms. The van der Waals surface area contributed by atoms with Crippen molar-refractivity contribution in [1.29, 1.82) is 0 Å². The van der Waals surface area contributed by atoms with Gasteiger partial charge in [-0.15, -0.1) is 0 Å². The van der Waals surface area contributed by atoms with Crippen LogP contribution < -0.4 is 16.0 Å². The molecule has 28 heavy (non-hydrogen) atoms. The topological polar surface area (TPSA) is 85.8 Å². The molecule has 7 heteroatoms. The summed E-state index contributed by atoms with van der Waals surface area (Å²) in [5.41, 5.74) is 1.47. The molecule has 0 aliphatic heterocycles. The number of hydrogen-bond acceptors (Lipinski definition) is 3. The summed E-state index contributed by atoms with van der Waals surface area (Å²) in [7, 11) is 0. The number of amides is 1. The van der Waals surface area contributed by atoms with E-state index in [2.05, 4.69) is 36.9 Å². The van der Waals surface area contributed by atoms with Crippen molar-refractivity contribution in [2.75, 3.05) is 25.0 Å². The van der Waals surface area contributed by atoms with E-state index in [-0.39, 0.29) is 19.0 Å². The highest BCUT2D eigenvalue weighted by Gasteiger charge is 2.23. The summed E-state index contributed by atoms with van der Waals surface area (Å²) in [4.78, 5) is 16.6. The first-order valence-corrected chi connectivity index (χ1v) is 9.97. The molecule has 0 saturated carbocycles. The molecule has 0 heterocycles. The first-order valence-electron chi connectivity index (χ1n) is 9.18. The van der Waals surface area contributed by atoms with Crippen LogP contribution in [0.25, 0.3) is 0 Å². The highest BCUT2D eigenvalue weighted by Crippen LogP contribution is 2.20. The monoisotopic (exact) mass is 446 g/mol. The second kappa shape index (κ2) is 10.2. The van der Waals surface area contributed by atoms with Crippen LogP contribution >= 0.6 is 15.9 Å². The molecular formula is C21H27BrN4O2. The Morgan fingerprint density at radius 2 is 1.89 bits per heavy atom. The molecular weight excluding hydrogens is 420 g/mol. The molecule has 1 unspecified atom stereocenters. The van der Waals surface area contributed by atoms with Gasteiger partial charge in [0.25, 0.3) is 0 Å². The number of guanidine groups is 1. The van der Waals surface area contributed by atoms with Gasteiger partial charge in [0.15, 0.2) is 5.96 Å². The maximum Gasteiger partial charge on any atom is 0.246 e. The zero-order chi connectivity index (χ0) is 20.6. The van der Waals surface area contributed by atoms with Crippen LogP contribution in [0.4, 0.5) is 5.69 Å². The Bertz CT molecular complexity index is 822. The molecule has 0 saturated heterocycles. The minimum absolute atomic E-state index is 0.0330. The molecule has 0 aromatic heterocycles. The Kier molecular flexibility index (Phi) is 8.02. The zero-order valence-corrected chi connectivity index (χ0v) is 18.0. The number of benzene rings is 2. The van der Waals surface area contributed by atoms with E-state index in [9.17, 15) is 9.90 Å². The second-order valence-corrected chi connectivity index (χ2v) is 7.61. The summed E-state index contributed by atoms with van der Waals surface area (Å²) in [6.45, 7) is 6.48. The van der Waals surface area contributed by atoms with Crippen molar-refractivity contribution in [1.82, 2.24) is 10.6 Å². The summed E-state index contributed by atoms with van der Waals surface area (Å²) in [6.07, 6.45) is 0. The van der Waals surface area contributed by atoms with Crippen molar-refractivity contribution in [3.8, 4) is 0 Å². The van der Waals surface area contributed by atoms with Gasteiger partial charge in [-0.05, 0) is 44.0 Å². The lowest BCUT2D eigenvalue weighted by molar-refractivity contribution is -0.114. The minimum Gasteiger partial charge on any atom is -0.384 e. The number of aryl methyl sites for hydroxylation is 1. The Balaban J connectivity index is 1.97. The first kappa shape index (κ1) is 21.9. The van der Waals surface area contributed by atoms with E-state index in [4.69, 9.17) is 0 Å². The quantitative estimate of drug-likeness (QED) is 0.388. The molecule has 2 aromatic rings. The van der Waals surface area contributed by atoms with Gasteiger partial charge in [0.05, 0.1) is 6.54 Å². The van der Waals surface area contributed by atoms with Crippen molar-refractivity contribution < 1.29 is 9.90 Å². The van der Waals surface area contributed by atoms with Gasteiger partial charge in [-0.25, -0.2) is 4.99 Å². The van der Waals surface area contributed by atoms with E-state index >= 15 is 0 Å². The van der Waals surface area contributed by atoms with Crippen molar-refractivity contribution >= 4 is 33.5 Å².